The van der Waals surface area contributed by atoms with E-state index in [2.05, 4.69) is 6.58 Å². The van der Waals surface area contributed by atoms with Crippen LogP contribution in [0, 0.1) is 0 Å². The van der Waals surface area contributed by atoms with Crippen molar-refractivity contribution in [3.63, 3.8) is 0 Å². The molecular weight excluding hydrogens is 178 g/mol. The van der Waals surface area contributed by atoms with Gasteiger partial charge < -0.3 is 4.74 Å². The molecule has 0 radical (unpaired) electrons. The van der Waals surface area contributed by atoms with E-state index >= 15 is 0 Å². The smallest absolute Gasteiger partial charge is 0.415 e. The normalized spacial score (nSPS) is 25.6. The van der Waals surface area contributed by atoms with Crippen LogP contribution in [0.3, 0.4) is 0 Å². The van der Waals surface area contributed by atoms with E-state index in [0.717, 1.165) is 31.4 Å². The monoisotopic (exact) mass is 195 g/mol. The molecule has 1 heterocycles. The molecule has 0 bridgehead atoms. The fraction of sp³-hybridized carbons (Fsp3) is 0.727. The van der Waals surface area contributed by atoms with Crippen molar-refractivity contribution in [3.05, 3.63) is 12.3 Å². The van der Waals surface area contributed by atoms with Crippen LogP contribution in [-0.4, -0.2) is 23.1 Å². The quantitative estimate of drug-likeness (QED) is 0.643. The van der Waals surface area contributed by atoms with Crippen LogP contribution in [0.1, 0.15) is 39.0 Å². The lowest BCUT2D eigenvalue weighted by Crippen LogP contribution is -2.33. The van der Waals surface area contributed by atoms with Crippen LogP contribution in [0.4, 0.5) is 4.79 Å². The van der Waals surface area contributed by atoms with Crippen molar-refractivity contribution in [1.82, 2.24) is 4.90 Å². The summed E-state index contributed by atoms with van der Waals surface area (Å²) in [5.74, 6) is 0. The van der Waals surface area contributed by atoms with E-state index in [1.807, 2.05) is 6.92 Å². The maximum atomic E-state index is 11.5. The summed E-state index contributed by atoms with van der Waals surface area (Å²) in [6.07, 6.45) is 5.23. The second-order valence-electron chi connectivity index (χ2n) is 4.11. The minimum atomic E-state index is -0.342. The first-order valence-electron chi connectivity index (χ1n) is 5.39. The Morgan fingerprint density at radius 3 is 2.57 bits per heavy atom. The number of amides is 1. The van der Waals surface area contributed by atoms with E-state index in [9.17, 15) is 4.79 Å². The molecule has 2 aliphatic rings. The van der Waals surface area contributed by atoms with Gasteiger partial charge in [0.25, 0.3) is 0 Å². The summed E-state index contributed by atoms with van der Waals surface area (Å²) < 4.78 is 5.49. The number of carbonyl (C=O) groups is 1. The number of hydrogen-bond acceptors (Lipinski definition) is 2. The van der Waals surface area contributed by atoms with Gasteiger partial charge >= 0.3 is 6.09 Å². The molecule has 3 heteroatoms. The standard InChI is InChI=1S/C11H17NO2/c1-3-12-9(2)11(14-10(12)13)7-5-4-6-8-11/h2-8H2,1H3. The molecule has 2 rings (SSSR count). The zero-order chi connectivity index (χ0) is 10.2. The van der Waals surface area contributed by atoms with E-state index in [1.54, 1.807) is 4.90 Å². The maximum Gasteiger partial charge on any atom is 0.415 e. The Bertz CT molecular complexity index is 266. The van der Waals surface area contributed by atoms with E-state index in [1.165, 1.54) is 6.42 Å². The molecule has 0 aromatic carbocycles. The van der Waals surface area contributed by atoms with Crippen LogP contribution in [0.15, 0.2) is 12.3 Å². The van der Waals surface area contributed by atoms with Gasteiger partial charge in [-0.05, 0) is 32.6 Å². The molecule has 1 aliphatic heterocycles. The van der Waals surface area contributed by atoms with Gasteiger partial charge in [0.15, 0.2) is 5.60 Å². The highest BCUT2D eigenvalue weighted by Gasteiger charge is 2.48. The van der Waals surface area contributed by atoms with Gasteiger partial charge in [0.2, 0.25) is 0 Å². The first kappa shape index (κ1) is 9.56. The summed E-state index contributed by atoms with van der Waals surface area (Å²) in [5, 5.41) is 0. The van der Waals surface area contributed by atoms with Crippen molar-refractivity contribution in [3.8, 4) is 0 Å². The van der Waals surface area contributed by atoms with E-state index in [0.29, 0.717) is 6.54 Å². The molecule has 0 aromatic heterocycles. The van der Waals surface area contributed by atoms with Crippen LogP contribution >= 0.6 is 0 Å². The molecule has 1 saturated carbocycles. The molecule has 78 valence electrons. The Balaban J connectivity index is 2.21. The Hall–Kier alpha value is -0.990. The molecule has 1 spiro atoms. The minimum absolute atomic E-state index is 0.209. The highest BCUT2D eigenvalue weighted by atomic mass is 16.6. The van der Waals surface area contributed by atoms with Crippen molar-refractivity contribution >= 4 is 6.09 Å². The number of rotatable bonds is 1. The van der Waals surface area contributed by atoms with E-state index in [4.69, 9.17) is 4.74 Å². The Kier molecular flexibility index (Phi) is 2.25. The van der Waals surface area contributed by atoms with Crippen molar-refractivity contribution in [2.45, 2.75) is 44.6 Å². The first-order valence-corrected chi connectivity index (χ1v) is 5.39. The molecule has 0 unspecified atom stereocenters. The number of nitrogens with zero attached hydrogens (tertiary/aromatic N) is 1. The molecule has 0 aromatic rings. The highest BCUT2D eigenvalue weighted by Crippen LogP contribution is 2.43. The molecule has 14 heavy (non-hydrogen) atoms. The average Bonchev–Trinajstić information content (AvgIpc) is 2.40. The summed E-state index contributed by atoms with van der Waals surface area (Å²) in [6, 6.07) is 0. The van der Waals surface area contributed by atoms with E-state index in [-0.39, 0.29) is 11.7 Å². The van der Waals surface area contributed by atoms with Crippen LogP contribution in [-0.2, 0) is 4.74 Å². The topological polar surface area (TPSA) is 29.5 Å². The Labute approximate surface area is 84.7 Å². The lowest BCUT2D eigenvalue weighted by molar-refractivity contribution is 0.0402. The van der Waals surface area contributed by atoms with Gasteiger partial charge in [-0.2, -0.15) is 0 Å². The summed E-state index contributed by atoms with van der Waals surface area (Å²) in [6.45, 7) is 6.63. The number of hydrogen-bond donors (Lipinski definition) is 0. The number of likely N-dealkylation sites (N-methyl/N-ethyl adjacent to an activating group) is 1. The lowest BCUT2D eigenvalue weighted by Gasteiger charge is -2.32. The predicted molar refractivity (Wildman–Crippen MR) is 53.8 cm³/mol. The van der Waals surface area contributed by atoms with Gasteiger partial charge in [0, 0.05) is 6.54 Å². The van der Waals surface area contributed by atoms with Crippen molar-refractivity contribution in [2.75, 3.05) is 6.54 Å². The summed E-state index contributed by atoms with van der Waals surface area (Å²) >= 11 is 0. The van der Waals surface area contributed by atoms with Gasteiger partial charge in [-0.1, -0.05) is 13.0 Å². The third-order valence-corrected chi connectivity index (χ3v) is 3.33. The van der Waals surface area contributed by atoms with Crippen LogP contribution < -0.4 is 0 Å². The average molecular weight is 195 g/mol. The molecule has 1 saturated heterocycles. The molecule has 3 nitrogen and oxygen atoms in total. The summed E-state index contributed by atoms with van der Waals surface area (Å²) in [4.78, 5) is 13.2. The minimum Gasteiger partial charge on any atom is -0.436 e. The zero-order valence-corrected chi connectivity index (χ0v) is 8.71. The SMILES string of the molecule is C=C1N(CC)C(=O)OC12CCCCC2. The Morgan fingerprint density at radius 1 is 1.43 bits per heavy atom. The van der Waals surface area contributed by atoms with Crippen molar-refractivity contribution in [2.24, 2.45) is 0 Å². The maximum absolute atomic E-state index is 11.5. The molecule has 1 aliphatic carbocycles. The molecule has 0 atom stereocenters. The largest absolute Gasteiger partial charge is 0.436 e. The van der Waals surface area contributed by atoms with Crippen LogP contribution in [0.5, 0.6) is 0 Å². The van der Waals surface area contributed by atoms with Gasteiger partial charge in [-0.3, -0.25) is 4.90 Å². The highest BCUT2D eigenvalue weighted by molar-refractivity contribution is 5.74. The second-order valence-corrected chi connectivity index (χ2v) is 4.11. The Morgan fingerprint density at radius 2 is 2.07 bits per heavy atom. The van der Waals surface area contributed by atoms with Gasteiger partial charge in [-0.15, -0.1) is 0 Å². The van der Waals surface area contributed by atoms with Gasteiger partial charge in [-0.25, -0.2) is 4.79 Å². The van der Waals surface area contributed by atoms with E-state index < -0.39 is 0 Å². The van der Waals surface area contributed by atoms with Crippen molar-refractivity contribution in [1.29, 1.82) is 0 Å². The number of ether oxygens (including phenoxy) is 1. The third kappa shape index (κ3) is 1.22. The van der Waals surface area contributed by atoms with Crippen molar-refractivity contribution < 1.29 is 9.53 Å². The van der Waals surface area contributed by atoms with Crippen LogP contribution in [0.2, 0.25) is 0 Å². The first-order chi connectivity index (χ1) is 6.69. The second kappa shape index (κ2) is 3.30. The molecule has 2 fully saturated rings. The van der Waals surface area contributed by atoms with Gasteiger partial charge in [0.1, 0.15) is 0 Å². The fourth-order valence-electron chi connectivity index (χ4n) is 2.47. The zero-order valence-electron chi connectivity index (χ0n) is 8.71. The van der Waals surface area contributed by atoms with Gasteiger partial charge in [0.05, 0.1) is 5.70 Å². The lowest BCUT2D eigenvalue weighted by atomic mass is 9.83. The van der Waals surface area contributed by atoms with Crippen LogP contribution in [0.25, 0.3) is 0 Å². The summed E-state index contributed by atoms with van der Waals surface area (Å²) in [7, 11) is 0. The predicted octanol–water partition coefficient (Wildman–Crippen LogP) is 2.68. The summed E-state index contributed by atoms with van der Waals surface area (Å²) in [5.41, 5.74) is 0.537. The number of carbonyl (C=O) groups excluding carboxylic acids is 1. The molecular formula is C11H17NO2. The molecule has 1 amide bonds. The third-order valence-electron chi connectivity index (χ3n) is 3.33. The molecule has 0 N–H and O–H groups in total. The fourth-order valence-corrected chi connectivity index (χ4v) is 2.47.